The Morgan fingerprint density at radius 2 is 2.02 bits per heavy atom. The van der Waals surface area contributed by atoms with Crippen LogP contribution in [-0.2, 0) is 9.53 Å². The third kappa shape index (κ3) is 6.94. The molecule has 0 unspecified atom stereocenters. The van der Waals surface area contributed by atoms with E-state index in [1.54, 1.807) is 0 Å². The maximum atomic E-state index is 17.0. The monoisotopic (exact) mass is 707 g/mol. The van der Waals surface area contributed by atoms with Gasteiger partial charge in [-0.05, 0) is 62.3 Å². The summed E-state index contributed by atoms with van der Waals surface area (Å²) in [7, 11) is 0. The van der Waals surface area contributed by atoms with Gasteiger partial charge in [-0.25, -0.2) is 8.78 Å². The standard InChI is InChI=1S/C39H39F2N7O4/c1-4-27-30(40)7-6-24-16-26(49)17-28(32(24)27)34-33(41)35-29(19-43-34)36(48-11-10-38(3,21-42)18-25(20-48)44-31(50)5-2)46-37(45-35)52-23-39(8-9-39)22-47-12-14-51-15-13-47/h1,5-7,16-17,19,25,49H,2,8-15,18,20,22-23H2,3H3,(H,44,50)/t25-,38+/m0/s1. The fraction of sp³-hybridized carbons (Fsp3) is 0.410. The lowest BCUT2D eigenvalue weighted by Gasteiger charge is -2.30. The number of hydrogen-bond acceptors (Lipinski definition) is 10. The van der Waals surface area contributed by atoms with Crippen LogP contribution in [-0.4, -0.2) is 89.5 Å². The molecule has 52 heavy (non-hydrogen) atoms. The molecule has 1 amide bonds. The van der Waals surface area contributed by atoms with Gasteiger partial charge in [0, 0.05) is 61.3 Å². The van der Waals surface area contributed by atoms with Crippen molar-refractivity contribution in [2.75, 3.05) is 57.4 Å². The molecule has 2 aromatic carbocycles. The quantitative estimate of drug-likeness (QED) is 0.179. The summed E-state index contributed by atoms with van der Waals surface area (Å²) in [6.07, 6.45) is 11.1. The second kappa shape index (κ2) is 14.0. The first-order valence-corrected chi connectivity index (χ1v) is 17.3. The number of phenolic OH excluding ortho intramolecular Hbond substituents is 1. The maximum absolute atomic E-state index is 17.0. The Balaban J connectivity index is 1.34. The summed E-state index contributed by atoms with van der Waals surface area (Å²) in [5.41, 5.74) is -1.14. The zero-order valence-corrected chi connectivity index (χ0v) is 28.9. The average Bonchev–Trinajstić information content (AvgIpc) is 3.94. The Kier molecular flexibility index (Phi) is 9.42. The van der Waals surface area contributed by atoms with Crippen molar-refractivity contribution in [1.82, 2.24) is 25.2 Å². The van der Waals surface area contributed by atoms with Crippen molar-refractivity contribution in [1.29, 1.82) is 5.26 Å². The Morgan fingerprint density at radius 1 is 1.23 bits per heavy atom. The van der Waals surface area contributed by atoms with E-state index in [0.29, 0.717) is 50.4 Å². The van der Waals surface area contributed by atoms with E-state index in [9.17, 15) is 19.6 Å². The van der Waals surface area contributed by atoms with E-state index in [0.717, 1.165) is 32.5 Å². The molecule has 268 valence electrons. The molecule has 7 rings (SSSR count). The highest BCUT2D eigenvalue weighted by molar-refractivity contribution is 6.03. The fourth-order valence-electron chi connectivity index (χ4n) is 7.34. The molecule has 11 nitrogen and oxygen atoms in total. The van der Waals surface area contributed by atoms with E-state index < -0.39 is 23.1 Å². The molecule has 2 aliphatic heterocycles. The van der Waals surface area contributed by atoms with Crippen molar-refractivity contribution < 1.29 is 28.2 Å². The Bertz CT molecular complexity index is 2160. The van der Waals surface area contributed by atoms with Gasteiger partial charge in [-0.15, -0.1) is 6.42 Å². The minimum Gasteiger partial charge on any atom is -0.508 e. The number of terminal acetylenes is 1. The molecule has 2 atom stereocenters. The number of benzene rings is 2. The first-order valence-electron chi connectivity index (χ1n) is 17.3. The summed E-state index contributed by atoms with van der Waals surface area (Å²) in [5.74, 6) is 0.620. The minimum atomic E-state index is -0.840. The number of fused-ring (bicyclic) bond motifs is 2. The third-order valence-electron chi connectivity index (χ3n) is 10.4. The number of halogens is 2. The van der Waals surface area contributed by atoms with Gasteiger partial charge in [0.2, 0.25) is 5.91 Å². The summed E-state index contributed by atoms with van der Waals surface area (Å²) in [5, 5.41) is 24.5. The van der Waals surface area contributed by atoms with Gasteiger partial charge in [0.05, 0.1) is 42.3 Å². The predicted octanol–water partition coefficient (Wildman–Crippen LogP) is 5.10. The maximum Gasteiger partial charge on any atom is 0.319 e. The number of aromatic hydroxyl groups is 1. The average molecular weight is 708 g/mol. The van der Waals surface area contributed by atoms with Crippen molar-refractivity contribution in [2.45, 2.75) is 38.6 Å². The number of carbonyl (C=O) groups excluding carboxylic acids is 1. The van der Waals surface area contributed by atoms with Crippen LogP contribution in [0.2, 0.25) is 0 Å². The van der Waals surface area contributed by atoms with Crippen LogP contribution in [0.1, 0.15) is 38.2 Å². The van der Waals surface area contributed by atoms with Crippen LogP contribution < -0.4 is 15.0 Å². The molecule has 0 spiro atoms. The first-order chi connectivity index (χ1) is 25.0. The second-order valence-corrected chi connectivity index (χ2v) is 14.3. The van der Waals surface area contributed by atoms with E-state index in [2.05, 4.69) is 38.8 Å². The van der Waals surface area contributed by atoms with Crippen LogP contribution in [0.5, 0.6) is 11.8 Å². The number of anilines is 1. The molecule has 4 heterocycles. The first kappa shape index (κ1) is 35.1. The van der Waals surface area contributed by atoms with Crippen molar-refractivity contribution in [3.05, 3.63) is 60.3 Å². The van der Waals surface area contributed by atoms with Crippen molar-refractivity contribution >= 4 is 33.4 Å². The van der Waals surface area contributed by atoms with Crippen LogP contribution in [0, 0.1) is 46.1 Å². The van der Waals surface area contributed by atoms with Crippen LogP contribution in [0.25, 0.3) is 32.9 Å². The topological polar surface area (TPSA) is 137 Å². The lowest BCUT2D eigenvalue weighted by atomic mass is 9.83. The van der Waals surface area contributed by atoms with Crippen LogP contribution >= 0.6 is 0 Å². The van der Waals surface area contributed by atoms with Gasteiger partial charge in [-0.1, -0.05) is 18.6 Å². The number of amides is 1. The summed E-state index contributed by atoms with van der Waals surface area (Å²) in [6.45, 7) is 10.2. The molecule has 1 aliphatic carbocycles. The molecular formula is C39H39F2N7O4. The lowest BCUT2D eigenvalue weighted by molar-refractivity contribution is -0.117. The summed E-state index contributed by atoms with van der Waals surface area (Å²) < 4.78 is 43.8. The number of nitrogens with one attached hydrogen (secondary N) is 1. The SMILES string of the molecule is C#Cc1c(F)ccc2cc(O)cc(-c3ncc4c(N5CC[C@@](C)(C#N)C[C@H](NC(=O)C=C)C5)nc(OCC5(CN6CCOCC6)CC5)nc4c3F)c12. The normalized spacial score (nSPS) is 21.6. The molecule has 3 aliphatic rings. The Hall–Kier alpha value is -5.37. The van der Waals surface area contributed by atoms with Gasteiger partial charge < -0.3 is 24.8 Å². The lowest BCUT2D eigenvalue weighted by Crippen LogP contribution is -2.43. The van der Waals surface area contributed by atoms with Crippen LogP contribution in [0.3, 0.4) is 0 Å². The number of nitrogens with zero attached hydrogens (tertiary/aromatic N) is 6. The van der Waals surface area contributed by atoms with Gasteiger partial charge >= 0.3 is 6.01 Å². The van der Waals surface area contributed by atoms with Crippen molar-refractivity contribution in [3.63, 3.8) is 0 Å². The molecule has 0 bridgehead atoms. The van der Waals surface area contributed by atoms with E-state index in [1.165, 1.54) is 36.5 Å². The summed E-state index contributed by atoms with van der Waals surface area (Å²) in [4.78, 5) is 30.6. The fourth-order valence-corrected chi connectivity index (χ4v) is 7.34. The van der Waals surface area contributed by atoms with E-state index in [-0.39, 0.29) is 62.7 Å². The van der Waals surface area contributed by atoms with Gasteiger partial charge in [0.15, 0.2) is 5.82 Å². The molecule has 2 N–H and O–H groups in total. The van der Waals surface area contributed by atoms with Gasteiger partial charge in [-0.3, -0.25) is 14.7 Å². The summed E-state index contributed by atoms with van der Waals surface area (Å²) in [6, 6.07) is 7.28. The molecular weight excluding hydrogens is 668 g/mol. The summed E-state index contributed by atoms with van der Waals surface area (Å²) >= 11 is 0. The number of nitriles is 1. The highest BCUT2D eigenvalue weighted by Crippen LogP contribution is 2.47. The second-order valence-electron chi connectivity index (χ2n) is 14.3. The molecule has 13 heteroatoms. The molecule has 1 saturated carbocycles. The molecule has 4 aromatic rings. The Labute approximate surface area is 300 Å². The molecule has 2 aromatic heterocycles. The van der Waals surface area contributed by atoms with E-state index >= 15 is 4.39 Å². The Morgan fingerprint density at radius 3 is 2.73 bits per heavy atom. The largest absolute Gasteiger partial charge is 0.508 e. The number of carbonyl (C=O) groups is 1. The highest BCUT2D eigenvalue weighted by atomic mass is 19.1. The number of morpholine rings is 1. The van der Waals surface area contributed by atoms with Gasteiger partial charge in [0.1, 0.15) is 28.6 Å². The van der Waals surface area contributed by atoms with Crippen molar-refractivity contribution in [3.8, 4) is 41.4 Å². The molecule has 3 fully saturated rings. The zero-order valence-electron chi connectivity index (χ0n) is 28.9. The van der Waals surface area contributed by atoms with E-state index in [4.69, 9.17) is 20.9 Å². The number of ether oxygens (including phenoxy) is 2. The third-order valence-corrected chi connectivity index (χ3v) is 10.4. The molecule has 0 radical (unpaired) electrons. The number of rotatable bonds is 9. The number of aromatic nitrogens is 3. The smallest absolute Gasteiger partial charge is 0.319 e. The number of phenols is 1. The van der Waals surface area contributed by atoms with E-state index in [1.807, 2.05) is 11.8 Å². The van der Waals surface area contributed by atoms with Crippen LogP contribution in [0.15, 0.2) is 43.1 Å². The predicted molar refractivity (Wildman–Crippen MR) is 192 cm³/mol. The highest BCUT2D eigenvalue weighted by Gasteiger charge is 2.45. The number of hydrogen-bond donors (Lipinski definition) is 2. The van der Waals surface area contributed by atoms with Gasteiger partial charge in [-0.2, -0.15) is 15.2 Å². The molecule has 2 saturated heterocycles. The van der Waals surface area contributed by atoms with Crippen molar-refractivity contribution in [2.24, 2.45) is 10.8 Å². The zero-order chi connectivity index (χ0) is 36.6. The number of pyridine rings is 1. The van der Waals surface area contributed by atoms with Gasteiger partial charge in [0.25, 0.3) is 0 Å². The van der Waals surface area contributed by atoms with Crippen LogP contribution in [0.4, 0.5) is 14.6 Å². The minimum absolute atomic E-state index is 0.0399.